The number of hydrogen-bond acceptors (Lipinski definition) is 5. The van der Waals surface area contributed by atoms with E-state index < -0.39 is 10.0 Å². The average Bonchev–Trinajstić information content (AvgIpc) is 2.96. The summed E-state index contributed by atoms with van der Waals surface area (Å²) in [5, 5.41) is 0. The van der Waals surface area contributed by atoms with E-state index in [4.69, 9.17) is 4.74 Å². The molecular formula is C15H23N3O3S. The standard InChI is InChI=1S/C15H23N3O3S/c1-2-22(19,20)18-7-6-17-11-15(8-14(17)10-18)21-12-13-4-3-5-16-9-13/h3-5,9,14-15H,2,6-8,10-12H2,1H3/t14-,15+/m1/s1. The number of hydrogen-bond donors (Lipinski definition) is 0. The molecule has 0 aromatic carbocycles. The monoisotopic (exact) mass is 325 g/mol. The zero-order valence-corrected chi connectivity index (χ0v) is 13.7. The third kappa shape index (κ3) is 3.48. The summed E-state index contributed by atoms with van der Waals surface area (Å²) in [6, 6.07) is 4.20. The largest absolute Gasteiger partial charge is 0.372 e. The fourth-order valence-corrected chi connectivity index (χ4v) is 4.35. The van der Waals surface area contributed by atoms with Crippen LogP contribution in [0.3, 0.4) is 0 Å². The van der Waals surface area contributed by atoms with Gasteiger partial charge < -0.3 is 4.74 Å². The molecular weight excluding hydrogens is 302 g/mol. The lowest BCUT2D eigenvalue weighted by atomic mass is 10.1. The number of ether oxygens (including phenoxy) is 1. The molecule has 7 heteroatoms. The van der Waals surface area contributed by atoms with E-state index in [2.05, 4.69) is 9.88 Å². The Morgan fingerprint density at radius 2 is 2.23 bits per heavy atom. The molecule has 2 atom stereocenters. The van der Waals surface area contributed by atoms with Crippen LogP contribution in [0.5, 0.6) is 0 Å². The second-order valence-corrected chi connectivity index (χ2v) is 8.19. The normalized spacial score (nSPS) is 27.0. The third-order valence-corrected chi connectivity index (χ3v) is 6.36. The first-order valence-corrected chi connectivity index (χ1v) is 9.42. The Kier molecular flexibility index (Phi) is 4.77. The Hall–Kier alpha value is -1.02. The molecule has 2 aliphatic heterocycles. The minimum absolute atomic E-state index is 0.175. The van der Waals surface area contributed by atoms with Crippen molar-refractivity contribution in [3.63, 3.8) is 0 Å². The Labute approximate surface area is 132 Å². The maximum Gasteiger partial charge on any atom is 0.213 e. The molecule has 0 bridgehead atoms. The van der Waals surface area contributed by atoms with Crippen molar-refractivity contribution in [2.24, 2.45) is 0 Å². The van der Waals surface area contributed by atoms with Crippen LogP contribution in [0.1, 0.15) is 18.9 Å². The highest BCUT2D eigenvalue weighted by atomic mass is 32.2. The van der Waals surface area contributed by atoms with Gasteiger partial charge in [-0.3, -0.25) is 9.88 Å². The van der Waals surface area contributed by atoms with Crippen molar-refractivity contribution in [3.8, 4) is 0 Å². The molecule has 2 saturated heterocycles. The Balaban J connectivity index is 1.54. The predicted molar refractivity (Wildman–Crippen MR) is 83.8 cm³/mol. The molecule has 3 heterocycles. The van der Waals surface area contributed by atoms with E-state index in [1.54, 1.807) is 17.4 Å². The molecule has 22 heavy (non-hydrogen) atoms. The van der Waals surface area contributed by atoms with Gasteiger partial charge in [0, 0.05) is 44.6 Å². The Bertz CT molecular complexity index is 593. The van der Waals surface area contributed by atoms with E-state index in [1.807, 2.05) is 18.3 Å². The fourth-order valence-electron chi connectivity index (χ4n) is 3.22. The maximum absolute atomic E-state index is 12.0. The third-order valence-electron chi connectivity index (χ3n) is 4.51. The highest BCUT2D eigenvalue weighted by Crippen LogP contribution is 2.26. The molecule has 1 aromatic heterocycles. The summed E-state index contributed by atoms with van der Waals surface area (Å²) in [4.78, 5) is 6.44. The summed E-state index contributed by atoms with van der Waals surface area (Å²) in [7, 11) is -3.08. The molecule has 0 unspecified atom stereocenters. The molecule has 0 spiro atoms. The number of rotatable bonds is 5. The van der Waals surface area contributed by atoms with Gasteiger partial charge in [0.25, 0.3) is 0 Å². The summed E-state index contributed by atoms with van der Waals surface area (Å²) in [5.74, 6) is 0.181. The van der Waals surface area contributed by atoms with Crippen LogP contribution < -0.4 is 0 Å². The van der Waals surface area contributed by atoms with Crippen molar-refractivity contribution < 1.29 is 13.2 Å². The van der Waals surface area contributed by atoms with Crippen LogP contribution in [0.25, 0.3) is 0 Å². The number of piperazine rings is 1. The van der Waals surface area contributed by atoms with Gasteiger partial charge in [-0.05, 0) is 25.0 Å². The van der Waals surface area contributed by atoms with E-state index in [0.29, 0.717) is 19.7 Å². The minimum atomic E-state index is -3.08. The van der Waals surface area contributed by atoms with Crippen LogP contribution in [0.15, 0.2) is 24.5 Å². The van der Waals surface area contributed by atoms with Gasteiger partial charge in [-0.1, -0.05) is 6.07 Å². The van der Waals surface area contributed by atoms with Crippen molar-refractivity contribution in [1.82, 2.24) is 14.2 Å². The van der Waals surface area contributed by atoms with Crippen LogP contribution in [0.2, 0.25) is 0 Å². The highest BCUT2D eigenvalue weighted by Gasteiger charge is 2.39. The van der Waals surface area contributed by atoms with Crippen LogP contribution in [0.4, 0.5) is 0 Å². The van der Waals surface area contributed by atoms with E-state index >= 15 is 0 Å². The molecule has 0 radical (unpaired) electrons. The number of fused-ring (bicyclic) bond motifs is 1. The molecule has 1 aromatic rings. The van der Waals surface area contributed by atoms with Gasteiger partial charge in [0.05, 0.1) is 18.5 Å². The maximum atomic E-state index is 12.0. The average molecular weight is 325 g/mol. The molecule has 2 aliphatic rings. The molecule has 6 nitrogen and oxygen atoms in total. The first kappa shape index (κ1) is 15.9. The van der Waals surface area contributed by atoms with Gasteiger partial charge in [0.2, 0.25) is 10.0 Å². The number of sulfonamides is 1. The lowest BCUT2D eigenvalue weighted by Crippen LogP contribution is -2.52. The molecule has 0 aliphatic carbocycles. The number of aromatic nitrogens is 1. The Morgan fingerprint density at radius 3 is 2.95 bits per heavy atom. The van der Waals surface area contributed by atoms with Crippen molar-refractivity contribution in [2.45, 2.75) is 32.1 Å². The minimum Gasteiger partial charge on any atom is -0.372 e. The lowest BCUT2D eigenvalue weighted by Gasteiger charge is -2.36. The second-order valence-electron chi connectivity index (χ2n) is 5.94. The summed E-state index contributed by atoms with van der Waals surface area (Å²) in [6.45, 7) is 5.17. The number of pyridine rings is 1. The van der Waals surface area contributed by atoms with Crippen LogP contribution in [-0.4, -0.2) is 66.7 Å². The van der Waals surface area contributed by atoms with Gasteiger partial charge in [-0.15, -0.1) is 0 Å². The van der Waals surface area contributed by atoms with E-state index in [1.165, 1.54) is 0 Å². The summed E-state index contributed by atoms with van der Waals surface area (Å²) < 4.78 is 31.6. The first-order chi connectivity index (χ1) is 10.6. The fraction of sp³-hybridized carbons (Fsp3) is 0.667. The van der Waals surface area contributed by atoms with Crippen LogP contribution in [-0.2, 0) is 21.4 Å². The van der Waals surface area contributed by atoms with Gasteiger partial charge in [0.15, 0.2) is 0 Å². The molecule has 3 rings (SSSR count). The van der Waals surface area contributed by atoms with Crippen molar-refractivity contribution in [1.29, 1.82) is 0 Å². The molecule has 122 valence electrons. The zero-order valence-electron chi connectivity index (χ0n) is 12.9. The molecule has 0 saturated carbocycles. The van der Waals surface area contributed by atoms with Gasteiger partial charge in [-0.25, -0.2) is 8.42 Å². The number of nitrogens with zero attached hydrogens (tertiary/aromatic N) is 3. The summed E-state index contributed by atoms with van der Waals surface area (Å²) >= 11 is 0. The van der Waals surface area contributed by atoms with Gasteiger partial charge in [0.1, 0.15) is 0 Å². The lowest BCUT2D eigenvalue weighted by molar-refractivity contribution is 0.0465. The van der Waals surface area contributed by atoms with E-state index in [0.717, 1.165) is 25.1 Å². The summed E-state index contributed by atoms with van der Waals surface area (Å²) in [5.41, 5.74) is 1.07. The molecule has 0 N–H and O–H groups in total. The smallest absolute Gasteiger partial charge is 0.213 e. The Morgan fingerprint density at radius 1 is 1.36 bits per heavy atom. The van der Waals surface area contributed by atoms with Gasteiger partial charge in [-0.2, -0.15) is 4.31 Å². The molecule has 2 fully saturated rings. The van der Waals surface area contributed by atoms with Crippen molar-refractivity contribution >= 4 is 10.0 Å². The van der Waals surface area contributed by atoms with Crippen molar-refractivity contribution in [3.05, 3.63) is 30.1 Å². The predicted octanol–water partition coefficient (Wildman–Crippen LogP) is 0.706. The SMILES string of the molecule is CCS(=O)(=O)N1CCN2C[C@@H](OCc3cccnc3)C[C@@H]2C1. The first-order valence-electron chi connectivity index (χ1n) is 7.81. The van der Waals surface area contributed by atoms with Crippen LogP contribution in [0, 0.1) is 0 Å². The second kappa shape index (κ2) is 6.62. The summed E-state index contributed by atoms with van der Waals surface area (Å²) in [6.07, 6.45) is 4.64. The highest BCUT2D eigenvalue weighted by molar-refractivity contribution is 7.89. The topological polar surface area (TPSA) is 62.7 Å². The van der Waals surface area contributed by atoms with Crippen molar-refractivity contribution in [2.75, 3.05) is 31.9 Å². The zero-order chi connectivity index (χ0) is 15.6. The van der Waals surface area contributed by atoms with Gasteiger partial charge >= 0.3 is 0 Å². The quantitative estimate of drug-likeness (QED) is 0.798. The van der Waals surface area contributed by atoms with E-state index in [-0.39, 0.29) is 17.9 Å². The molecule has 0 amide bonds. The van der Waals surface area contributed by atoms with E-state index in [9.17, 15) is 8.42 Å². The van der Waals surface area contributed by atoms with Crippen LogP contribution >= 0.6 is 0 Å².